The fourth-order valence-corrected chi connectivity index (χ4v) is 0.966. The van der Waals surface area contributed by atoms with E-state index in [0.717, 1.165) is 0 Å². The van der Waals surface area contributed by atoms with Gasteiger partial charge in [0.1, 0.15) is 6.07 Å². The molecule has 0 atom stereocenters. The fraction of sp³-hybridized carbons (Fsp3) is 0. The summed E-state index contributed by atoms with van der Waals surface area (Å²) >= 11 is 0. The minimum absolute atomic E-state index is 0.213. The molecule has 0 unspecified atom stereocenters. The maximum absolute atomic E-state index is 8.56. The fourth-order valence-electron chi connectivity index (χ4n) is 0.966. The molecule has 2 rings (SSSR count). The quantitative estimate of drug-likeness (QED) is 0.594. The van der Waals surface area contributed by atoms with Crippen LogP contribution in [-0.4, -0.2) is 14.6 Å². The summed E-state index contributed by atoms with van der Waals surface area (Å²) in [6, 6.07) is 5.37. The molecule has 2 aromatic heterocycles. The Bertz CT molecular complexity index is 464. The zero-order valence-corrected chi connectivity index (χ0v) is 6.10. The molecule has 0 bridgehead atoms. The van der Waals surface area contributed by atoms with E-state index in [9.17, 15) is 0 Å². The van der Waals surface area contributed by atoms with Crippen molar-refractivity contribution >= 4 is 11.6 Å². The normalized spacial score (nSPS) is 9.92. The molecular formula is C7H5N5. The minimum atomic E-state index is 0.213. The van der Waals surface area contributed by atoms with Crippen molar-refractivity contribution in [2.45, 2.75) is 0 Å². The lowest BCUT2D eigenvalue weighted by atomic mass is 10.3. The van der Waals surface area contributed by atoms with Gasteiger partial charge < -0.3 is 5.73 Å². The highest BCUT2D eigenvalue weighted by molar-refractivity contribution is 5.44. The summed E-state index contributed by atoms with van der Waals surface area (Å²) in [6.07, 6.45) is 1.58. The molecule has 5 heteroatoms. The van der Waals surface area contributed by atoms with Crippen molar-refractivity contribution in [1.82, 2.24) is 14.6 Å². The molecule has 5 nitrogen and oxygen atoms in total. The Labute approximate surface area is 68.1 Å². The molecule has 12 heavy (non-hydrogen) atoms. The lowest BCUT2D eigenvalue weighted by Crippen LogP contribution is -1.89. The second-order valence-electron chi connectivity index (χ2n) is 2.30. The number of hydrogen-bond donors (Lipinski definition) is 1. The Morgan fingerprint density at radius 1 is 1.50 bits per heavy atom. The van der Waals surface area contributed by atoms with Gasteiger partial charge in [0.15, 0.2) is 5.65 Å². The van der Waals surface area contributed by atoms with Crippen LogP contribution in [0.5, 0.6) is 0 Å². The summed E-state index contributed by atoms with van der Waals surface area (Å²) in [5.41, 5.74) is 6.54. The minimum Gasteiger partial charge on any atom is -0.366 e. The standard InChI is InChI=1S/C7H5N5/c8-3-5-1-2-6-10-7(9)11-12(6)4-5/h1-2,4H,(H2,9,11). The smallest absolute Gasteiger partial charge is 0.240 e. The van der Waals surface area contributed by atoms with Crippen LogP contribution in [0.1, 0.15) is 5.56 Å². The number of nitriles is 1. The van der Waals surface area contributed by atoms with Crippen LogP contribution in [0.4, 0.5) is 5.95 Å². The Kier molecular flexibility index (Phi) is 1.21. The van der Waals surface area contributed by atoms with Crippen LogP contribution in [0.15, 0.2) is 18.3 Å². The number of nitrogen functional groups attached to an aromatic ring is 1. The van der Waals surface area contributed by atoms with Crippen LogP contribution < -0.4 is 5.73 Å². The van der Waals surface area contributed by atoms with E-state index in [4.69, 9.17) is 11.0 Å². The van der Waals surface area contributed by atoms with Gasteiger partial charge in [0, 0.05) is 6.20 Å². The van der Waals surface area contributed by atoms with Gasteiger partial charge in [0.25, 0.3) is 0 Å². The van der Waals surface area contributed by atoms with Crippen LogP contribution in [0.2, 0.25) is 0 Å². The van der Waals surface area contributed by atoms with E-state index in [2.05, 4.69) is 10.1 Å². The number of fused-ring (bicyclic) bond motifs is 1. The second-order valence-corrected chi connectivity index (χ2v) is 2.30. The van der Waals surface area contributed by atoms with Crippen molar-refractivity contribution in [3.05, 3.63) is 23.9 Å². The zero-order chi connectivity index (χ0) is 8.55. The molecule has 0 spiro atoms. The third-order valence-electron chi connectivity index (χ3n) is 1.48. The van der Waals surface area contributed by atoms with E-state index in [1.807, 2.05) is 6.07 Å². The van der Waals surface area contributed by atoms with Gasteiger partial charge in [-0.1, -0.05) is 0 Å². The van der Waals surface area contributed by atoms with E-state index in [1.54, 1.807) is 18.3 Å². The first-order valence-electron chi connectivity index (χ1n) is 3.31. The molecule has 2 heterocycles. The van der Waals surface area contributed by atoms with Gasteiger partial charge in [0.2, 0.25) is 5.95 Å². The van der Waals surface area contributed by atoms with Crippen molar-refractivity contribution in [2.75, 3.05) is 5.73 Å². The average molecular weight is 159 g/mol. The van der Waals surface area contributed by atoms with Crippen LogP contribution in [0.3, 0.4) is 0 Å². The van der Waals surface area contributed by atoms with Gasteiger partial charge in [-0.15, -0.1) is 5.10 Å². The molecule has 2 N–H and O–H groups in total. The molecule has 0 aliphatic carbocycles. The zero-order valence-electron chi connectivity index (χ0n) is 6.10. The SMILES string of the molecule is N#Cc1ccc2nc(N)nn2c1. The van der Waals surface area contributed by atoms with E-state index >= 15 is 0 Å². The number of rotatable bonds is 0. The number of hydrogen-bond acceptors (Lipinski definition) is 4. The predicted molar refractivity (Wildman–Crippen MR) is 42.1 cm³/mol. The number of aromatic nitrogens is 3. The van der Waals surface area contributed by atoms with Crippen molar-refractivity contribution in [3.63, 3.8) is 0 Å². The van der Waals surface area contributed by atoms with Crippen molar-refractivity contribution in [2.24, 2.45) is 0 Å². The molecule has 0 fully saturated rings. The van der Waals surface area contributed by atoms with E-state index < -0.39 is 0 Å². The third kappa shape index (κ3) is 0.864. The molecule has 0 aromatic carbocycles. The maximum Gasteiger partial charge on any atom is 0.240 e. The second kappa shape index (κ2) is 2.20. The van der Waals surface area contributed by atoms with Gasteiger partial charge in [-0.3, -0.25) is 0 Å². The maximum atomic E-state index is 8.56. The van der Waals surface area contributed by atoms with E-state index in [1.165, 1.54) is 4.52 Å². The highest BCUT2D eigenvalue weighted by Crippen LogP contribution is 2.04. The summed E-state index contributed by atoms with van der Waals surface area (Å²) < 4.78 is 1.48. The Morgan fingerprint density at radius 3 is 3.08 bits per heavy atom. The molecular weight excluding hydrogens is 154 g/mol. The van der Waals surface area contributed by atoms with Gasteiger partial charge >= 0.3 is 0 Å². The summed E-state index contributed by atoms with van der Waals surface area (Å²) in [6.45, 7) is 0. The molecule has 0 saturated heterocycles. The average Bonchev–Trinajstić information content (AvgIpc) is 2.43. The van der Waals surface area contributed by atoms with Gasteiger partial charge in [-0.2, -0.15) is 10.2 Å². The van der Waals surface area contributed by atoms with Crippen LogP contribution in [0.25, 0.3) is 5.65 Å². The molecule has 0 saturated carbocycles. The van der Waals surface area contributed by atoms with Crippen molar-refractivity contribution in [1.29, 1.82) is 5.26 Å². The van der Waals surface area contributed by atoms with Crippen LogP contribution >= 0.6 is 0 Å². The molecule has 0 aliphatic rings. The molecule has 0 radical (unpaired) electrons. The lowest BCUT2D eigenvalue weighted by molar-refractivity contribution is 0.964. The summed E-state index contributed by atoms with van der Waals surface area (Å²) in [7, 11) is 0. The van der Waals surface area contributed by atoms with Gasteiger partial charge in [-0.05, 0) is 12.1 Å². The Hall–Kier alpha value is -2.09. The highest BCUT2D eigenvalue weighted by Gasteiger charge is 1.99. The summed E-state index contributed by atoms with van der Waals surface area (Å²) in [5.74, 6) is 0.213. The number of pyridine rings is 1. The highest BCUT2D eigenvalue weighted by atomic mass is 15.3. The monoisotopic (exact) mass is 159 g/mol. The first-order valence-corrected chi connectivity index (χ1v) is 3.31. The largest absolute Gasteiger partial charge is 0.366 e. The van der Waals surface area contributed by atoms with Gasteiger partial charge in [-0.25, -0.2) is 4.52 Å². The molecule has 0 aliphatic heterocycles. The number of anilines is 1. The number of nitrogens with zero attached hydrogens (tertiary/aromatic N) is 4. The first kappa shape index (κ1) is 6.61. The summed E-state index contributed by atoms with van der Waals surface area (Å²) in [4.78, 5) is 3.91. The Morgan fingerprint density at radius 2 is 2.33 bits per heavy atom. The Balaban J connectivity index is 2.77. The first-order chi connectivity index (χ1) is 5.79. The van der Waals surface area contributed by atoms with E-state index in [0.29, 0.717) is 11.2 Å². The van der Waals surface area contributed by atoms with E-state index in [-0.39, 0.29) is 5.95 Å². The topological polar surface area (TPSA) is 80.0 Å². The third-order valence-corrected chi connectivity index (χ3v) is 1.48. The molecule has 0 amide bonds. The van der Waals surface area contributed by atoms with Crippen molar-refractivity contribution in [3.8, 4) is 6.07 Å². The molecule has 2 aromatic rings. The lowest BCUT2D eigenvalue weighted by Gasteiger charge is -1.89. The summed E-state index contributed by atoms with van der Waals surface area (Å²) in [5, 5.41) is 12.4. The number of nitrogens with two attached hydrogens (primary N) is 1. The van der Waals surface area contributed by atoms with Crippen LogP contribution in [-0.2, 0) is 0 Å². The van der Waals surface area contributed by atoms with Gasteiger partial charge in [0.05, 0.1) is 5.56 Å². The predicted octanol–water partition coefficient (Wildman–Crippen LogP) is 0.183. The van der Waals surface area contributed by atoms with Crippen LogP contribution in [0, 0.1) is 11.3 Å². The molecule has 58 valence electrons. The van der Waals surface area contributed by atoms with Crippen molar-refractivity contribution < 1.29 is 0 Å².